The standard InChI is InChI=1S/C20H34N6.HI/c1-21-20(22-14-19-16-24(2)12-13-25(19)3)23-17-8-7-11-26(15-17)18-9-5-4-6-10-18;/h4-6,9-10,17,19H,7-8,11-16H2,1-3H3,(H2,21,22,23);1H. The van der Waals surface area contributed by atoms with Gasteiger partial charge in [0.2, 0.25) is 0 Å². The fraction of sp³-hybridized carbons (Fsp3) is 0.650. The molecular weight excluding hydrogens is 451 g/mol. The van der Waals surface area contributed by atoms with Gasteiger partial charge in [-0.2, -0.15) is 0 Å². The Labute approximate surface area is 181 Å². The lowest BCUT2D eigenvalue weighted by Gasteiger charge is -2.38. The lowest BCUT2D eigenvalue weighted by Crippen LogP contribution is -2.57. The molecule has 7 heteroatoms. The summed E-state index contributed by atoms with van der Waals surface area (Å²) in [7, 11) is 6.28. The lowest BCUT2D eigenvalue weighted by atomic mass is 10.0. The molecule has 27 heavy (non-hydrogen) atoms. The van der Waals surface area contributed by atoms with Crippen molar-refractivity contribution in [3.8, 4) is 0 Å². The van der Waals surface area contributed by atoms with Gasteiger partial charge in [-0.1, -0.05) is 18.2 Å². The molecule has 2 aliphatic heterocycles. The predicted octanol–water partition coefficient (Wildman–Crippen LogP) is 1.68. The second-order valence-electron chi connectivity index (χ2n) is 7.61. The Bertz CT molecular complexity index is 581. The van der Waals surface area contributed by atoms with Crippen LogP contribution in [0.25, 0.3) is 0 Å². The van der Waals surface area contributed by atoms with Crippen molar-refractivity contribution in [1.29, 1.82) is 0 Å². The maximum atomic E-state index is 4.45. The molecule has 152 valence electrons. The number of rotatable bonds is 4. The molecule has 1 aromatic rings. The van der Waals surface area contributed by atoms with Gasteiger partial charge in [0.25, 0.3) is 0 Å². The molecule has 0 radical (unpaired) electrons. The molecule has 6 nitrogen and oxygen atoms in total. The van der Waals surface area contributed by atoms with Crippen LogP contribution in [0.3, 0.4) is 0 Å². The molecule has 0 amide bonds. The van der Waals surface area contributed by atoms with Gasteiger partial charge in [-0.05, 0) is 39.1 Å². The van der Waals surface area contributed by atoms with Crippen LogP contribution in [0.15, 0.2) is 35.3 Å². The molecule has 0 bridgehead atoms. The van der Waals surface area contributed by atoms with Crippen molar-refractivity contribution in [2.45, 2.75) is 24.9 Å². The third-order valence-electron chi connectivity index (χ3n) is 5.59. The Morgan fingerprint density at radius 1 is 1.11 bits per heavy atom. The number of likely N-dealkylation sites (N-methyl/N-ethyl adjacent to an activating group) is 2. The normalized spacial score (nSPS) is 25.0. The zero-order valence-electron chi connectivity index (χ0n) is 16.9. The predicted molar refractivity (Wildman–Crippen MR) is 126 cm³/mol. The third-order valence-corrected chi connectivity index (χ3v) is 5.59. The number of nitrogens with one attached hydrogen (secondary N) is 2. The summed E-state index contributed by atoms with van der Waals surface area (Å²) in [5.74, 6) is 0.923. The minimum absolute atomic E-state index is 0. The van der Waals surface area contributed by atoms with E-state index in [4.69, 9.17) is 0 Å². The summed E-state index contributed by atoms with van der Waals surface area (Å²) in [6.07, 6.45) is 2.40. The molecular formula is C20H35IN6. The SMILES string of the molecule is CN=C(NCC1CN(C)CCN1C)NC1CCCN(c2ccccc2)C1.I. The van der Waals surface area contributed by atoms with Crippen molar-refractivity contribution in [2.24, 2.45) is 4.99 Å². The van der Waals surface area contributed by atoms with Gasteiger partial charge in [0.15, 0.2) is 5.96 Å². The van der Waals surface area contributed by atoms with Crippen LogP contribution in [0.4, 0.5) is 5.69 Å². The van der Waals surface area contributed by atoms with Gasteiger partial charge in [0.1, 0.15) is 0 Å². The van der Waals surface area contributed by atoms with Crippen molar-refractivity contribution in [3.63, 3.8) is 0 Å². The van der Waals surface area contributed by atoms with Crippen LogP contribution in [-0.2, 0) is 0 Å². The zero-order chi connectivity index (χ0) is 18.4. The number of halogens is 1. The van der Waals surface area contributed by atoms with Crippen LogP contribution in [0.1, 0.15) is 12.8 Å². The number of anilines is 1. The fourth-order valence-corrected chi connectivity index (χ4v) is 3.89. The van der Waals surface area contributed by atoms with Crippen LogP contribution < -0.4 is 15.5 Å². The summed E-state index contributed by atoms with van der Waals surface area (Å²) in [5.41, 5.74) is 1.31. The topological polar surface area (TPSA) is 46.1 Å². The molecule has 1 aromatic carbocycles. The zero-order valence-corrected chi connectivity index (χ0v) is 19.2. The second kappa shape index (κ2) is 11.1. The summed E-state index contributed by atoms with van der Waals surface area (Å²) < 4.78 is 0. The van der Waals surface area contributed by atoms with Crippen LogP contribution in [0.2, 0.25) is 0 Å². The number of hydrogen-bond acceptors (Lipinski definition) is 4. The average Bonchev–Trinajstić information content (AvgIpc) is 2.68. The molecule has 0 aromatic heterocycles. The van der Waals surface area contributed by atoms with Crippen molar-refractivity contribution >= 4 is 35.6 Å². The van der Waals surface area contributed by atoms with Crippen LogP contribution >= 0.6 is 24.0 Å². The first kappa shape index (κ1) is 22.2. The molecule has 0 saturated carbocycles. The number of piperazine rings is 1. The molecule has 2 unspecified atom stereocenters. The van der Waals surface area contributed by atoms with E-state index in [1.165, 1.54) is 18.5 Å². The van der Waals surface area contributed by atoms with Gasteiger partial charge < -0.3 is 20.4 Å². The molecule has 2 fully saturated rings. The highest BCUT2D eigenvalue weighted by Crippen LogP contribution is 2.19. The average molecular weight is 486 g/mol. The van der Waals surface area contributed by atoms with E-state index >= 15 is 0 Å². The number of guanidine groups is 1. The van der Waals surface area contributed by atoms with E-state index in [1.807, 2.05) is 7.05 Å². The lowest BCUT2D eigenvalue weighted by molar-refractivity contribution is 0.116. The number of piperidine rings is 1. The minimum atomic E-state index is 0. The van der Waals surface area contributed by atoms with Gasteiger partial charge in [-0.25, -0.2) is 0 Å². The van der Waals surface area contributed by atoms with E-state index in [9.17, 15) is 0 Å². The van der Waals surface area contributed by atoms with E-state index in [2.05, 4.69) is 74.8 Å². The molecule has 0 aliphatic carbocycles. The number of nitrogens with zero attached hydrogens (tertiary/aromatic N) is 4. The quantitative estimate of drug-likeness (QED) is 0.386. The molecule has 2 aliphatic rings. The summed E-state index contributed by atoms with van der Waals surface area (Å²) in [6, 6.07) is 11.7. The van der Waals surface area contributed by atoms with E-state index in [1.54, 1.807) is 0 Å². The molecule has 3 rings (SSSR count). The number of hydrogen-bond donors (Lipinski definition) is 2. The number of aliphatic imine (C=N–C) groups is 1. The van der Waals surface area contributed by atoms with E-state index in [0.717, 1.165) is 45.2 Å². The maximum absolute atomic E-state index is 4.45. The molecule has 2 saturated heterocycles. The fourth-order valence-electron chi connectivity index (χ4n) is 3.89. The van der Waals surface area contributed by atoms with Crippen molar-refractivity contribution < 1.29 is 0 Å². The number of benzene rings is 1. The van der Waals surface area contributed by atoms with Crippen molar-refractivity contribution in [3.05, 3.63) is 30.3 Å². The Morgan fingerprint density at radius 2 is 1.89 bits per heavy atom. The smallest absolute Gasteiger partial charge is 0.191 e. The third kappa shape index (κ3) is 6.50. The largest absolute Gasteiger partial charge is 0.369 e. The van der Waals surface area contributed by atoms with Gasteiger partial charge in [0.05, 0.1) is 0 Å². The van der Waals surface area contributed by atoms with E-state index < -0.39 is 0 Å². The van der Waals surface area contributed by atoms with Crippen LogP contribution in [-0.4, -0.2) is 88.3 Å². The minimum Gasteiger partial charge on any atom is -0.369 e. The molecule has 2 heterocycles. The highest BCUT2D eigenvalue weighted by molar-refractivity contribution is 14.0. The molecule has 0 spiro atoms. The highest BCUT2D eigenvalue weighted by atomic mass is 127. The summed E-state index contributed by atoms with van der Waals surface area (Å²) in [4.78, 5) is 11.8. The van der Waals surface area contributed by atoms with Gasteiger partial charge in [-0.15, -0.1) is 24.0 Å². The first-order valence-corrected chi connectivity index (χ1v) is 9.81. The maximum Gasteiger partial charge on any atom is 0.191 e. The second-order valence-corrected chi connectivity index (χ2v) is 7.61. The monoisotopic (exact) mass is 486 g/mol. The Morgan fingerprint density at radius 3 is 2.63 bits per heavy atom. The molecule has 2 N–H and O–H groups in total. The van der Waals surface area contributed by atoms with Gasteiger partial charge in [-0.3, -0.25) is 9.89 Å². The first-order valence-electron chi connectivity index (χ1n) is 9.81. The van der Waals surface area contributed by atoms with E-state index in [0.29, 0.717) is 12.1 Å². The van der Waals surface area contributed by atoms with Crippen LogP contribution in [0.5, 0.6) is 0 Å². The Balaban J connectivity index is 0.00000261. The first-order chi connectivity index (χ1) is 12.7. The van der Waals surface area contributed by atoms with Crippen molar-refractivity contribution in [1.82, 2.24) is 20.4 Å². The Hall–Kier alpha value is -1.06. The Kier molecular flexibility index (Phi) is 9.11. The summed E-state index contributed by atoms with van der Waals surface area (Å²) >= 11 is 0. The number of para-hydroxylation sites is 1. The van der Waals surface area contributed by atoms with Crippen molar-refractivity contribution in [2.75, 3.05) is 65.3 Å². The van der Waals surface area contributed by atoms with Gasteiger partial charge in [0, 0.05) is 64.1 Å². The van der Waals surface area contributed by atoms with E-state index in [-0.39, 0.29) is 24.0 Å². The summed E-state index contributed by atoms with van der Waals surface area (Å²) in [5, 5.41) is 7.18. The van der Waals surface area contributed by atoms with Gasteiger partial charge >= 0.3 is 0 Å². The highest BCUT2D eigenvalue weighted by Gasteiger charge is 2.24. The van der Waals surface area contributed by atoms with Crippen LogP contribution in [0, 0.1) is 0 Å². The summed E-state index contributed by atoms with van der Waals surface area (Å²) in [6.45, 7) is 6.46. The molecule has 2 atom stereocenters.